The number of aryl methyl sites for hydroxylation is 1. The number of morpholine rings is 1. The fourth-order valence-electron chi connectivity index (χ4n) is 2.93. The summed E-state index contributed by atoms with van der Waals surface area (Å²) in [7, 11) is 0.00967. The van der Waals surface area contributed by atoms with Crippen LogP contribution in [-0.4, -0.2) is 73.9 Å². The number of pyridine rings is 1. The molecule has 1 fully saturated rings. The summed E-state index contributed by atoms with van der Waals surface area (Å²) in [5, 5.41) is 7.39. The molecule has 0 spiro atoms. The van der Waals surface area contributed by atoms with Crippen molar-refractivity contribution in [2.45, 2.75) is 11.0 Å². The van der Waals surface area contributed by atoms with Crippen molar-refractivity contribution in [2.24, 2.45) is 12.0 Å². The Hall–Kier alpha value is -1.77. The lowest BCUT2D eigenvalue weighted by molar-refractivity contribution is -0.00800. The Bertz CT molecular complexity index is 905. The van der Waals surface area contributed by atoms with Gasteiger partial charge in [-0.15, -0.1) is 24.0 Å². The van der Waals surface area contributed by atoms with Crippen LogP contribution in [0.25, 0.3) is 0 Å². The third-order valence-corrected chi connectivity index (χ3v) is 5.77. The van der Waals surface area contributed by atoms with Crippen LogP contribution in [0.15, 0.2) is 46.8 Å². The van der Waals surface area contributed by atoms with Crippen molar-refractivity contribution in [3.05, 3.63) is 42.5 Å². The lowest BCUT2D eigenvalue weighted by Gasteiger charge is -2.34. The van der Waals surface area contributed by atoms with Crippen molar-refractivity contribution < 1.29 is 13.2 Å². The van der Waals surface area contributed by atoms with Gasteiger partial charge >= 0.3 is 0 Å². The molecule has 0 radical (unpaired) electrons. The van der Waals surface area contributed by atoms with Crippen LogP contribution in [0.3, 0.4) is 0 Å². The quantitative estimate of drug-likeness (QED) is 0.238. The van der Waals surface area contributed by atoms with Gasteiger partial charge in [0.05, 0.1) is 19.3 Å². The Kier molecular flexibility index (Phi) is 8.79. The van der Waals surface area contributed by atoms with E-state index in [0.717, 1.165) is 5.56 Å². The molecule has 29 heavy (non-hydrogen) atoms. The first kappa shape index (κ1) is 23.5. The van der Waals surface area contributed by atoms with Gasteiger partial charge in [0.2, 0.25) is 10.0 Å². The van der Waals surface area contributed by atoms with Gasteiger partial charge in [0, 0.05) is 57.9 Å². The molecule has 12 heteroatoms. The van der Waals surface area contributed by atoms with Crippen LogP contribution in [0.1, 0.15) is 11.7 Å². The molecule has 160 valence electrons. The van der Waals surface area contributed by atoms with Gasteiger partial charge < -0.3 is 15.0 Å². The standard InChI is InChI=1S/C17H25N7O3S.HI/c1-18-17(20-6-7-22-28(25,26)15-4-3-5-19-11-15)24-8-9-27-16(13-24)14-10-21-23(2)12-14;/h3-5,10-12,16,22H,6-9,13H2,1-2H3,(H,18,20);1H. The minimum Gasteiger partial charge on any atom is -0.370 e. The molecule has 1 atom stereocenters. The Balaban J connectivity index is 0.00000300. The van der Waals surface area contributed by atoms with E-state index in [1.165, 1.54) is 18.5 Å². The van der Waals surface area contributed by atoms with E-state index in [4.69, 9.17) is 4.74 Å². The van der Waals surface area contributed by atoms with E-state index >= 15 is 0 Å². The molecule has 1 aliphatic heterocycles. The fraction of sp³-hybridized carbons (Fsp3) is 0.471. The van der Waals surface area contributed by atoms with E-state index in [1.807, 2.05) is 13.2 Å². The van der Waals surface area contributed by atoms with Gasteiger partial charge in [0.25, 0.3) is 0 Å². The molecule has 10 nitrogen and oxygen atoms in total. The summed E-state index contributed by atoms with van der Waals surface area (Å²) < 4.78 is 34.6. The molecular formula is C17H26IN7O3S. The van der Waals surface area contributed by atoms with Crippen LogP contribution in [-0.2, 0) is 21.8 Å². The molecule has 3 heterocycles. The zero-order chi connectivity index (χ0) is 20.0. The predicted molar refractivity (Wildman–Crippen MR) is 120 cm³/mol. The summed E-state index contributed by atoms with van der Waals surface area (Å²) in [6, 6.07) is 3.10. The molecule has 0 bridgehead atoms. The second-order valence-corrected chi connectivity index (χ2v) is 8.08. The van der Waals surface area contributed by atoms with Gasteiger partial charge in [-0.05, 0) is 12.1 Å². The summed E-state index contributed by atoms with van der Waals surface area (Å²) >= 11 is 0. The molecule has 2 aromatic heterocycles. The summed E-state index contributed by atoms with van der Waals surface area (Å²) in [4.78, 5) is 10.4. The van der Waals surface area contributed by atoms with Crippen molar-refractivity contribution in [1.82, 2.24) is 29.7 Å². The average Bonchev–Trinajstić information content (AvgIpc) is 3.15. The van der Waals surface area contributed by atoms with E-state index in [9.17, 15) is 8.42 Å². The van der Waals surface area contributed by atoms with Crippen LogP contribution in [0.4, 0.5) is 0 Å². The summed E-state index contributed by atoms with van der Waals surface area (Å²) in [6.45, 7) is 2.56. The number of halogens is 1. The number of sulfonamides is 1. The van der Waals surface area contributed by atoms with Gasteiger partial charge in [0.15, 0.2) is 5.96 Å². The van der Waals surface area contributed by atoms with Crippen LogP contribution in [0.5, 0.6) is 0 Å². The van der Waals surface area contributed by atoms with E-state index in [-0.39, 0.29) is 41.5 Å². The maximum absolute atomic E-state index is 12.2. The van der Waals surface area contributed by atoms with Crippen molar-refractivity contribution in [1.29, 1.82) is 0 Å². The number of guanidine groups is 1. The molecule has 3 rings (SSSR count). The van der Waals surface area contributed by atoms with Crippen molar-refractivity contribution in [3.63, 3.8) is 0 Å². The number of aromatic nitrogens is 3. The van der Waals surface area contributed by atoms with E-state index in [2.05, 4.69) is 30.0 Å². The SMILES string of the molecule is CN=C(NCCNS(=O)(=O)c1cccnc1)N1CCOC(c2cnn(C)c2)C1.I. The number of hydrogen-bond donors (Lipinski definition) is 2. The van der Waals surface area contributed by atoms with Crippen LogP contribution < -0.4 is 10.0 Å². The zero-order valence-corrected chi connectivity index (χ0v) is 19.5. The van der Waals surface area contributed by atoms with Crippen molar-refractivity contribution in [2.75, 3.05) is 39.8 Å². The van der Waals surface area contributed by atoms with Gasteiger partial charge in [-0.3, -0.25) is 14.7 Å². The Labute approximate surface area is 187 Å². The van der Waals surface area contributed by atoms with Crippen LogP contribution >= 0.6 is 24.0 Å². The van der Waals surface area contributed by atoms with Gasteiger partial charge in [-0.2, -0.15) is 5.10 Å². The number of hydrogen-bond acceptors (Lipinski definition) is 6. The summed E-state index contributed by atoms with van der Waals surface area (Å²) in [5.41, 5.74) is 1.02. The molecule has 0 saturated carbocycles. The number of nitrogens with zero attached hydrogens (tertiary/aromatic N) is 5. The average molecular weight is 535 g/mol. The maximum atomic E-state index is 12.2. The number of ether oxygens (including phenoxy) is 1. The molecule has 1 aliphatic rings. The van der Waals surface area contributed by atoms with Gasteiger partial charge in [-0.1, -0.05) is 0 Å². The molecular weight excluding hydrogens is 509 g/mol. The minimum atomic E-state index is -3.57. The molecule has 0 amide bonds. The Morgan fingerprint density at radius 1 is 1.38 bits per heavy atom. The first-order valence-electron chi connectivity index (χ1n) is 8.95. The highest BCUT2D eigenvalue weighted by atomic mass is 127. The topological polar surface area (TPSA) is 114 Å². The zero-order valence-electron chi connectivity index (χ0n) is 16.4. The smallest absolute Gasteiger partial charge is 0.242 e. The first-order valence-corrected chi connectivity index (χ1v) is 10.4. The second kappa shape index (κ2) is 10.8. The van der Waals surface area contributed by atoms with E-state index in [0.29, 0.717) is 32.2 Å². The second-order valence-electron chi connectivity index (χ2n) is 6.31. The molecule has 0 aliphatic carbocycles. The lowest BCUT2D eigenvalue weighted by Crippen LogP contribution is -2.49. The molecule has 2 N–H and O–H groups in total. The van der Waals surface area contributed by atoms with E-state index in [1.54, 1.807) is 24.0 Å². The van der Waals surface area contributed by atoms with Gasteiger partial charge in [-0.25, -0.2) is 13.1 Å². The fourth-order valence-corrected chi connectivity index (χ4v) is 3.93. The predicted octanol–water partition coefficient (Wildman–Crippen LogP) is 0.360. The van der Waals surface area contributed by atoms with Crippen LogP contribution in [0, 0.1) is 0 Å². The largest absolute Gasteiger partial charge is 0.370 e. The Morgan fingerprint density at radius 2 is 2.21 bits per heavy atom. The van der Waals surface area contributed by atoms with Gasteiger partial charge in [0.1, 0.15) is 11.0 Å². The first-order chi connectivity index (χ1) is 13.5. The number of rotatable bonds is 6. The minimum absolute atomic E-state index is 0. The normalized spacial score (nSPS) is 17.7. The van der Waals surface area contributed by atoms with E-state index < -0.39 is 10.0 Å². The molecule has 1 unspecified atom stereocenters. The summed E-state index contributed by atoms with van der Waals surface area (Å²) in [6.07, 6.45) is 6.52. The monoisotopic (exact) mass is 535 g/mol. The van der Waals surface area contributed by atoms with Crippen molar-refractivity contribution in [3.8, 4) is 0 Å². The van der Waals surface area contributed by atoms with Crippen LogP contribution in [0.2, 0.25) is 0 Å². The molecule has 1 saturated heterocycles. The van der Waals surface area contributed by atoms with Crippen molar-refractivity contribution >= 4 is 40.0 Å². The highest BCUT2D eigenvalue weighted by molar-refractivity contribution is 14.0. The molecule has 0 aromatic carbocycles. The third kappa shape index (κ3) is 6.35. The molecule has 2 aromatic rings. The Morgan fingerprint density at radius 3 is 2.86 bits per heavy atom. The number of nitrogens with one attached hydrogen (secondary N) is 2. The lowest BCUT2D eigenvalue weighted by atomic mass is 10.1. The summed E-state index contributed by atoms with van der Waals surface area (Å²) in [5.74, 6) is 0.706. The maximum Gasteiger partial charge on any atom is 0.242 e. The number of aliphatic imine (C=N–C) groups is 1. The highest BCUT2D eigenvalue weighted by Crippen LogP contribution is 2.21. The highest BCUT2D eigenvalue weighted by Gasteiger charge is 2.25. The third-order valence-electron chi connectivity index (χ3n) is 4.32.